The lowest BCUT2D eigenvalue weighted by atomic mass is 10.0. The average molecular weight is 418 g/mol. The van der Waals surface area contributed by atoms with Gasteiger partial charge in [0.2, 0.25) is 5.88 Å². The van der Waals surface area contributed by atoms with E-state index < -0.39 is 0 Å². The van der Waals surface area contributed by atoms with E-state index in [0.29, 0.717) is 16.9 Å². The SMILES string of the molecule is Oc1c(-c2ccccc2)c(-c2cnc3ccccc3c2)n(-c2ccc3nc[nH]c3c2)c1O. The van der Waals surface area contributed by atoms with Gasteiger partial charge in [-0.25, -0.2) is 4.98 Å². The minimum atomic E-state index is -0.231. The summed E-state index contributed by atoms with van der Waals surface area (Å²) in [6, 6.07) is 25.1. The van der Waals surface area contributed by atoms with Crippen molar-refractivity contribution in [3.8, 4) is 39.7 Å². The van der Waals surface area contributed by atoms with Gasteiger partial charge in [-0.3, -0.25) is 9.55 Å². The first kappa shape index (κ1) is 18.2. The lowest BCUT2D eigenvalue weighted by Gasteiger charge is -2.13. The monoisotopic (exact) mass is 418 g/mol. The maximum Gasteiger partial charge on any atom is 0.240 e. The molecule has 0 radical (unpaired) electrons. The quantitative estimate of drug-likeness (QED) is 0.347. The summed E-state index contributed by atoms with van der Waals surface area (Å²) in [4.78, 5) is 12.0. The van der Waals surface area contributed by atoms with Crippen LogP contribution in [0.15, 0.2) is 91.4 Å². The van der Waals surface area contributed by atoms with Crippen LogP contribution in [0.1, 0.15) is 0 Å². The van der Waals surface area contributed by atoms with E-state index in [2.05, 4.69) is 15.0 Å². The first-order valence-corrected chi connectivity index (χ1v) is 10.2. The van der Waals surface area contributed by atoms with Crippen molar-refractivity contribution >= 4 is 21.9 Å². The fourth-order valence-corrected chi connectivity index (χ4v) is 4.21. The van der Waals surface area contributed by atoms with Crippen molar-refractivity contribution in [3.05, 3.63) is 91.4 Å². The summed E-state index contributed by atoms with van der Waals surface area (Å²) in [6.07, 6.45) is 3.40. The molecule has 0 fully saturated rings. The number of H-pyrrole nitrogens is 1. The number of aromatic amines is 1. The van der Waals surface area contributed by atoms with Crippen LogP contribution in [0.25, 0.3) is 50.0 Å². The van der Waals surface area contributed by atoms with Crippen LogP contribution in [-0.2, 0) is 0 Å². The van der Waals surface area contributed by atoms with Crippen LogP contribution in [0, 0.1) is 0 Å². The van der Waals surface area contributed by atoms with Crippen molar-refractivity contribution in [2.75, 3.05) is 0 Å². The maximum atomic E-state index is 11.1. The second-order valence-corrected chi connectivity index (χ2v) is 7.62. The molecule has 0 bridgehead atoms. The highest BCUT2D eigenvalue weighted by Crippen LogP contribution is 2.48. The molecule has 0 spiro atoms. The van der Waals surface area contributed by atoms with E-state index in [1.54, 1.807) is 17.1 Å². The summed E-state index contributed by atoms with van der Waals surface area (Å²) >= 11 is 0. The molecule has 3 aromatic heterocycles. The van der Waals surface area contributed by atoms with E-state index in [4.69, 9.17) is 0 Å². The normalized spacial score (nSPS) is 11.4. The zero-order valence-corrected chi connectivity index (χ0v) is 16.9. The smallest absolute Gasteiger partial charge is 0.240 e. The average Bonchev–Trinajstić information content (AvgIpc) is 3.41. The molecule has 6 heteroatoms. The van der Waals surface area contributed by atoms with Crippen LogP contribution >= 0.6 is 0 Å². The second-order valence-electron chi connectivity index (χ2n) is 7.62. The summed E-state index contributed by atoms with van der Waals surface area (Å²) in [5, 5.41) is 23.1. The van der Waals surface area contributed by atoms with Gasteiger partial charge in [-0.2, -0.15) is 0 Å². The van der Waals surface area contributed by atoms with Gasteiger partial charge < -0.3 is 15.2 Å². The zero-order valence-electron chi connectivity index (χ0n) is 16.9. The molecule has 6 rings (SSSR count). The summed E-state index contributed by atoms with van der Waals surface area (Å²) in [6.45, 7) is 0. The third-order valence-electron chi connectivity index (χ3n) is 5.71. The number of nitrogens with zero attached hydrogens (tertiary/aromatic N) is 3. The molecule has 0 saturated carbocycles. The molecule has 3 N–H and O–H groups in total. The van der Waals surface area contributed by atoms with E-state index in [1.165, 1.54) is 0 Å². The van der Waals surface area contributed by atoms with Gasteiger partial charge in [-0.15, -0.1) is 0 Å². The van der Waals surface area contributed by atoms with Crippen LogP contribution in [0.2, 0.25) is 0 Å². The Labute approximate surface area is 183 Å². The number of imidazole rings is 1. The van der Waals surface area contributed by atoms with E-state index in [-0.39, 0.29) is 11.6 Å². The number of nitrogens with one attached hydrogen (secondary N) is 1. The molecule has 154 valence electrons. The Bertz CT molecular complexity index is 1600. The van der Waals surface area contributed by atoms with E-state index in [1.807, 2.05) is 78.9 Å². The van der Waals surface area contributed by atoms with Gasteiger partial charge in [0.15, 0.2) is 5.75 Å². The van der Waals surface area contributed by atoms with E-state index >= 15 is 0 Å². The Morgan fingerprint density at radius 3 is 2.44 bits per heavy atom. The summed E-state index contributed by atoms with van der Waals surface area (Å²) < 4.78 is 1.66. The lowest BCUT2D eigenvalue weighted by Crippen LogP contribution is -1.98. The van der Waals surface area contributed by atoms with Gasteiger partial charge in [0.05, 0.1) is 39.8 Å². The predicted molar refractivity (Wildman–Crippen MR) is 125 cm³/mol. The summed E-state index contributed by atoms with van der Waals surface area (Å²) in [5.41, 5.74) is 6.00. The first-order chi connectivity index (χ1) is 15.7. The Kier molecular flexibility index (Phi) is 3.98. The van der Waals surface area contributed by atoms with Crippen molar-refractivity contribution in [1.29, 1.82) is 0 Å². The van der Waals surface area contributed by atoms with Crippen LogP contribution in [0.4, 0.5) is 0 Å². The molecule has 0 aliphatic rings. The Morgan fingerprint density at radius 1 is 0.750 bits per heavy atom. The van der Waals surface area contributed by atoms with Gasteiger partial charge in [0.25, 0.3) is 0 Å². The van der Waals surface area contributed by atoms with Crippen LogP contribution in [-0.4, -0.2) is 29.7 Å². The predicted octanol–water partition coefficient (Wildman–Crippen LogP) is 5.65. The fourth-order valence-electron chi connectivity index (χ4n) is 4.21. The molecule has 32 heavy (non-hydrogen) atoms. The highest BCUT2D eigenvalue weighted by molar-refractivity contribution is 5.93. The molecule has 0 amide bonds. The Hall–Kier alpha value is -4.58. The lowest BCUT2D eigenvalue weighted by molar-refractivity contribution is 0.388. The van der Waals surface area contributed by atoms with Crippen LogP contribution in [0.3, 0.4) is 0 Å². The highest BCUT2D eigenvalue weighted by atomic mass is 16.3. The van der Waals surface area contributed by atoms with Crippen molar-refractivity contribution in [2.24, 2.45) is 0 Å². The molecule has 0 aliphatic heterocycles. The van der Waals surface area contributed by atoms with Crippen LogP contribution in [0.5, 0.6) is 11.6 Å². The molecule has 0 aliphatic carbocycles. The van der Waals surface area contributed by atoms with Crippen molar-refractivity contribution in [3.63, 3.8) is 0 Å². The standard InChI is InChI=1S/C26H18N4O2/c31-25-23(16-6-2-1-3-7-16)24(18-12-17-8-4-5-9-20(17)27-14-18)30(26(25)32)19-10-11-21-22(13-19)29-15-28-21/h1-15,31-32H,(H,28,29). The summed E-state index contributed by atoms with van der Waals surface area (Å²) in [5.74, 6) is -0.407. The van der Waals surface area contributed by atoms with Gasteiger partial charge in [0.1, 0.15) is 0 Å². The van der Waals surface area contributed by atoms with Gasteiger partial charge in [-0.05, 0) is 35.9 Å². The maximum absolute atomic E-state index is 11.1. The zero-order chi connectivity index (χ0) is 21.7. The first-order valence-electron chi connectivity index (χ1n) is 10.2. The van der Waals surface area contributed by atoms with Gasteiger partial charge in [-0.1, -0.05) is 48.5 Å². The largest absolute Gasteiger partial charge is 0.503 e. The third-order valence-corrected chi connectivity index (χ3v) is 5.71. The number of para-hydroxylation sites is 1. The number of aromatic nitrogens is 4. The fraction of sp³-hybridized carbons (Fsp3) is 0. The van der Waals surface area contributed by atoms with Crippen molar-refractivity contribution in [1.82, 2.24) is 19.5 Å². The summed E-state index contributed by atoms with van der Waals surface area (Å²) in [7, 11) is 0. The van der Waals surface area contributed by atoms with Gasteiger partial charge >= 0.3 is 0 Å². The molecule has 0 saturated heterocycles. The molecule has 0 atom stereocenters. The topological polar surface area (TPSA) is 87.0 Å². The minimum Gasteiger partial charge on any atom is -0.503 e. The third kappa shape index (κ3) is 2.74. The number of pyridine rings is 1. The van der Waals surface area contributed by atoms with Crippen LogP contribution < -0.4 is 0 Å². The molecule has 6 aromatic rings. The molecule has 6 nitrogen and oxygen atoms in total. The van der Waals surface area contributed by atoms with E-state index in [9.17, 15) is 10.2 Å². The number of rotatable bonds is 3. The van der Waals surface area contributed by atoms with Crippen molar-refractivity contribution < 1.29 is 10.2 Å². The van der Waals surface area contributed by atoms with Crippen molar-refractivity contribution in [2.45, 2.75) is 0 Å². The minimum absolute atomic E-state index is 0.177. The number of fused-ring (bicyclic) bond motifs is 2. The molecular weight excluding hydrogens is 400 g/mol. The highest BCUT2D eigenvalue weighted by Gasteiger charge is 2.26. The van der Waals surface area contributed by atoms with Gasteiger partial charge in [0, 0.05) is 17.1 Å². The molecule has 3 heterocycles. The number of benzene rings is 3. The Balaban J connectivity index is 1.70. The number of aromatic hydroxyl groups is 2. The Morgan fingerprint density at radius 2 is 1.56 bits per heavy atom. The van der Waals surface area contributed by atoms with E-state index in [0.717, 1.165) is 33.1 Å². The molecule has 3 aromatic carbocycles. The number of hydrogen-bond acceptors (Lipinski definition) is 4. The number of hydrogen-bond donors (Lipinski definition) is 3. The molecular formula is C26H18N4O2. The second kappa shape index (κ2) is 6.99. The molecule has 0 unspecified atom stereocenters.